The van der Waals surface area contributed by atoms with E-state index in [1.54, 1.807) is 7.11 Å². The molecule has 0 heterocycles. The van der Waals surface area contributed by atoms with Gasteiger partial charge in [0.15, 0.2) is 0 Å². The molecule has 0 aromatic heterocycles. The van der Waals surface area contributed by atoms with Gasteiger partial charge >= 0.3 is 0 Å². The molecule has 1 aromatic rings. The van der Waals surface area contributed by atoms with Crippen LogP contribution in [0.5, 0.6) is 5.75 Å². The Kier molecular flexibility index (Phi) is 4.09. The van der Waals surface area contributed by atoms with E-state index in [2.05, 4.69) is 5.43 Å². The van der Waals surface area contributed by atoms with Gasteiger partial charge in [0.05, 0.1) is 7.11 Å². The Morgan fingerprint density at radius 3 is 2.41 bits per heavy atom. The molecule has 1 amide bonds. The second kappa shape index (κ2) is 5.16. The number of nitrogens with one attached hydrogen (secondary N) is 1. The van der Waals surface area contributed by atoms with E-state index in [1.165, 1.54) is 0 Å². The lowest BCUT2D eigenvalue weighted by molar-refractivity contribution is -0.122. The molecule has 0 radical (unpaired) electrons. The van der Waals surface area contributed by atoms with Crippen molar-refractivity contribution in [2.75, 3.05) is 7.11 Å². The molecule has 0 bridgehead atoms. The first-order chi connectivity index (χ1) is 7.93. The van der Waals surface area contributed by atoms with Crippen LogP contribution < -0.4 is 21.7 Å². The number of ether oxygens (including phenoxy) is 1. The standard InChI is InChI=1S/C12H19N3O2/c1-6-5-7(2)9(10(13)12(16)15-14)11(17-4)8(6)3/h5,10H,13-14H2,1-4H3,(H,15,16). The smallest absolute Gasteiger partial charge is 0.255 e. The summed E-state index contributed by atoms with van der Waals surface area (Å²) in [6.45, 7) is 5.82. The van der Waals surface area contributed by atoms with Crippen LogP contribution in [0.15, 0.2) is 6.07 Å². The largest absolute Gasteiger partial charge is 0.496 e. The van der Waals surface area contributed by atoms with Gasteiger partial charge in [0.25, 0.3) is 5.91 Å². The van der Waals surface area contributed by atoms with E-state index >= 15 is 0 Å². The van der Waals surface area contributed by atoms with Crippen LogP contribution in [0.4, 0.5) is 0 Å². The van der Waals surface area contributed by atoms with Crippen LogP contribution in [0.25, 0.3) is 0 Å². The molecule has 1 unspecified atom stereocenters. The van der Waals surface area contributed by atoms with E-state index < -0.39 is 11.9 Å². The van der Waals surface area contributed by atoms with Crippen molar-refractivity contribution in [3.8, 4) is 5.75 Å². The maximum atomic E-state index is 11.5. The molecule has 94 valence electrons. The zero-order valence-corrected chi connectivity index (χ0v) is 10.6. The lowest BCUT2D eigenvalue weighted by Gasteiger charge is -2.20. The summed E-state index contributed by atoms with van der Waals surface area (Å²) in [6, 6.07) is 1.16. The molecule has 1 rings (SSSR count). The third kappa shape index (κ3) is 2.40. The zero-order chi connectivity index (χ0) is 13.2. The highest BCUT2D eigenvalue weighted by molar-refractivity contribution is 5.84. The Hall–Kier alpha value is -1.59. The van der Waals surface area contributed by atoms with E-state index in [-0.39, 0.29) is 0 Å². The average molecular weight is 237 g/mol. The topological polar surface area (TPSA) is 90.4 Å². The molecule has 0 aliphatic carbocycles. The molecule has 0 spiro atoms. The maximum Gasteiger partial charge on any atom is 0.255 e. The number of amides is 1. The van der Waals surface area contributed by atoms with Gasteiger partial charge < -0.3 is 10.5 Å². The van der Waals surface area contributed by atoms with Crippen molar-refractivity contribution in [1.82, 2.24) is 5.43 Å². The Morgan fingerprint density at radius 1 is 1.35 bits per heavy atom. The molecule has 5 N–H and O–H groups in total. The van der Waals surface area contributed by atoms with Gasteiger partial charge in [-0.3, -0.25) is 10.2 Å². The van der Waals surface area contributed by atoms with Crippen LogP contribution in [0.1, 0.15) is 28.3 Å². The lowest BCUT2D eigenvalue weighted by Crippen LogP contribution is -2.38. The summed E-state index contributed by atoms with van der Waals surface area (Å²) < 4.78 is 5.35. The van der Waals surface area contributed by atoms with Crippen LogP contribution in [0.2, 0.25) is 0 Å². The Morgan fingerprint density at radius 2 is 1.94 bits per heavy atom. The summed E-state index contributed by atoms with van der Waals surface area (Å²) in [5.74, 6) is 5.32. The van der Waals surface area contributed by atoms with Crippen molar-refractivity contribution < 1.29 is 9.53 Å². The molecule has 1 aromatic carbocycles. The first-order valence-corrected chi connectivity index (χ1v) is 5.34. The number of hydrogen-bond donors (Lipinski definition) is 3. The van der Waals surface area contributed by atoms with Gasteiger partial charge in [-0.05, 0) is 37.5 Å². The van der Waals surface area contributed by atoms with Crippen LogP contribution in [-0.4, -0.2) is 13.0 Å². The summed E-state index contributed by atoms with van der Waals surface area (Å²) in [5, 5.41) is 0. The maximum absolute atomic E-state index is 11.5. The van der Waals surface area contributed by atoms with Crippen molar-refractivity contribution in [2.24, 2.45) is 11.6 Å². The van der Waals surface area contributed by atoms with Crippen molar-refractivity contribution in [2.45, 2.75) is 26.8 Å². The number of hydrogen-bond acceptors (Lipinski definition) is 4. The van der Waals surface area contributed by atoms with Gasteiger partial charge in [0, 0.05) is 5.56 Å². The van der Waals surface area contributed by atoms with Gasteiger partial charge in [-0.15, -0.1) is 0 Å². The minimum absolute atomic E-state index is 0.436. The molecule has 0 fully saturated rings. The highest BCUT2D eigenvalue weighted by atomic mass is 16.5. The number of methoxy groups -OCH3 is 1. The molecule has 5 nitrogen and oxygen atoms in total. The fourth-order valence-electron chi connectivity index (χ4n) is 1.94. The first kappa shape index (κ1) is 13.5. The summed E-state index contributed by atoms with van der Waals surface area (Å²) >= 11 is 0. The minimum Gasteiger partial charge on any atom is -0.496 e. The van der Waals surface area contributed by atoms with E-state index in [0.717, 1.165) is 16.7 Å². The highest BCUT2D eigenvalue weighted by Crippen LogP contribution is 2.33. The van der Waals surface area contributed by atoms with Gasteiger partial charge in [0.2, 0.25) is 0 Å². The lowest BCUT2D eigenvalue weighted by atomic mass is 9.94. The third-order valence-electron chi connectivity index (χ3n) is 2.97. The molecular weight excluding hydrogens is 218 g/mol. The second-order valence-electron chi connectivity index (χ2n) is 4.07. The molecule has 1 atom stereocenters. The second-order valence-corrected chi connectivity index (χ2v) is 4.07. The SMILES string of the molecule is COc1c(C)c(C)cc(C)c1C(N)C(=O)NN. The van der Waals surface area contributed by atoms with Crippen molar-refractivity contribution in [1.29, 1.82) is 0 Å². The van der Waals surface area contributed by atoms with Crippen molar-refractivity contribution in [3.63, 3.8) is 0 Å². The average Bonchev–Trinajstić information content (AvgIpc) is 2.31. The summed E-state index contributed by atoms with van der Waals surface area (Å²) in [6.07, 6.45) is 0. The third-order valence-corrected chi connectivity index (χ3v) is 2.97. The number of nitrogens with two attached hydrogens (primary N) is 2. The van der Waals surface area contributed by atoms with E-state index in [1.807, 2.05) is 26.8 Å². The summed E-state index contributed by atoms with van der Waals surface area (Å²) in [7, 11) is 1.57. The highest BCUT2D eigenvalue weighted by Gasteiger charge is 2.23. The van der Waals surface area contributed by atoms with Gasteiger partial charge in [-0.1, -0.05) is 6.07 Å². The van der Waals surface area contributed by atoms with Gasteiger partial charge in [-0.25, -0.2) is 5.84 Å². The molecule has 17 heavy (non-hydrogen) atoms. The fraction of sp³-hybridized carbons (Fsp3) is 0.417. The van der Waals surface area contributed by atoms with Crippen LogP contribution in [0.3, 0.4) is 0 Å². The Balaban J connectivity index is 3.41. The fourth-order valence-corrected chi connectivity index (χ4v) is 1.94. The van der Waals surface area contributed by atoms with Gasteiger partial charge in [0.1, 0.15) is 11.8 Å². The van der Waals surface area contributed by atoms with E-state index in [0.29, 0.717) is 11.3 Å². The zero-order valence-electron chi connectivity index (χ0n) is 10.6. The molecular formula is C12H19N3O2. The van der Waals surface area contributed by atoms with Crippen molar-refractivity contribution >= 4 is 5.91 Å². The molecule has 0 saturated carbocycles. The monoisotopic (exact) mass is 237 g/mol. The molecule has 0 saturated heterocycles. The normalized spacial score (nSPS) is 12.1. The Bertz CT molecular complexity index is 444. The van der Waals surface area contributed by atoms with E-state index in [9.17, 15) is 4.79 Å². The van der Waals surface area contributed by atoms with Crippen LogP contribution in [-0.2, 0) is 4.79 Å². The summed E-state index contributed by atoms with van der Waals surface area (Å²) in [4.78, 5) is 11.5. The number of rotatable bonds is 3. The molecule has 0 aliphatic rings. The molecule has 5 heteroatoms. The number of benzene rings is 1. The first-order valence-electron chi connectivity index (χ1n) is 5.34. The number of hydrazine groups is 1. The van der Waals surface area contributed by atoms with Crippen LogP contribution >= 0.6 is 0 Å². The Labute approximate surface area is 101 Å². The molecule has 0 aliphatic heterocycles. The summed E-state index contributed by atoms with van der Waals surface area (Å²) in [5.41, 5.74) is 11.6. The van der Waals surface area contributed by atoms with Crippen molar-refractivity contribution in [3.05, 3.63) is 28.3 Å². The quantitative estimate of drug-likeness (QED) is 0.408. The van der Waals surface area contributed by atoms with Crippen LogP contribution in [0, 0.1) is 20.8 Å². The van der Waals surface area contributed by atoms with E-state index in [4.69, 9.17) is 16.3 Å². The number of carbonyl (C=O) groups is 1. The predicted molar refractivity (Wildman–Crippen MR) is 66.5 cm³/mol. The number of carbonyl (C=O) groups excluding carboxylic acids is 1. The minimum atomic E-state index is -0.825. The number of aryl methyl sites for hydroxylation is 2. The van der Waals surface area contributed by atoms with Gasteiger partial charge in [-0.2, -0.15) is 0 Å². The predicted octanol–water partition coefficient (Wildman–Crippen LogP) is 0.610.